The molecule has 0 bridgehead atoms. The molecule has 0 radical (unpaired) electrons. The van der Waals surface area contributed by atoms with E-state index in [-0.39, 0.29) is 5.69 Å². The van der Waals surface area contributed by atoms with Crippen molar-refractivity contribution in [3.05, 3.63) is 63.7 Å². The average molecular weight is 289 g/mol. The number of nitrogens with zero attached hydrogens (tertiary/aromatic N) is 1. The van der Waals surface area contributed by atoms with Crippen LogP contribution in [0.2, 0.25) is 0 Å². The van der Waals surface area contributed by atoms with Crippen LogP contribution in [0.4, 0.5) is 5.69 Å². The van der Waals surface area contributed by atoms with Gasteiger partial charge in [0.1, 0.15) is 17.6 Å². The summed E-state index contributed by atoms with van der Waals surface area (Å²) in [7, 11) is 3.00. The molecule has 0 fully saturated rings. The predicted octanol–water partition coefficient (Wildman–Crippen LogP) is 2.69. The van der Waals surface area contributed by atoms with Crippen molar-refractivity contribution < 1.29 is 19.5 Å². The first-order chi connectivity index (χ1) is 10.1. The summed E-state index contributed by atoms with van der Waals surface area (Å²) in [6, 6.07) is 10.9. The third-order valence-corrected chi connectivity index (χ3v) is 3.16. The SMILES string of the molecule is COc1cccc(OC)c1C(O)c1ccc([N+](=O)[O-])cc1. The summed E-state index contributed by atoms with van der Waals surface area (Å²) in [6.07, 6.45) is -1.00. The summed E-state index contributed by atoms with van der Waals surface area (Å²) < 4.78 is 10.5. The van der Waals surface area contributed by atoms with Gasteiger partial charge in [-0.2, -0.15) is 0 Å². The van der Waals surface area contributed by atoms with Gasteiger partial charge in [-0.15, -0.1) is 0 Å². The molecule has 21 heavy (non-hydrogen) atoms. The topological polar surface area (TPSA) is 81.8 Å². The lowest BCUT2D eigenvalue weighted by Crippen LogP contribution is -2.05. The molecule has 0 aliphatic rings. The van der Waals surface area contributed by atoms with Gasteiger partial charge in [-0.05, 0) is 29.8 Å². The van der Waals surface area contributed by atoms with E-state index in [0.29, 0.717) is 22.6 Å². The second-order valence-electron chi connectivity index (χ2n) is 4.33. The number of aliphatic hydroxyl groups excluding tert-OH is 1. The molecule has 1 N–H and O–H groups in total. The smallest absolute Gasteiger partial charge is 0.269 e. The van der Waals surface area contributed by atoms with Gasteiger partial charge in [-0.25, -0.2) is 0 Å². The number of methoxy groups -OCH3 is 2. The first-order valence-corrected chi connectivity index (χ1v) is 6.21. The van der Waals surface area contributed by atoms with E-state index in [1.165, 1.54) is 38.5 Å². The lowest BCUT2D eigenvalue weighted by Gasteiger charge is -2.18. The summed E-state index contributed by atoms with van der Waals surface area (Å²) in [5.74, 6) is 0.973. The van der Waals surface area contributed by atoms with E-state index < -0.39 is 11.0 Å². The third-order valence-electron chi connectivity index (χ3n) is 3.16. The first-order valence-electron chi connectivity index (χ1n) is 6.21. The van der Waals surface area contributed by atoms with Crippen LogP contribution in [-0.2, 0) is 0 Å². The quantitative estimate of drug-likeness (QED) is 0.676. The molecule has 6 heteroatoms. The van der Waals surface area contributed by atoms with E-state index in [4.69, 9.17) is 9.47 Å². The molecule has 0 heterocycles. The van der Waals surface area contributed by atoms with Gasteiger partial charge in [0.15, 0.2) is 0 Å². The maximum atomic E-state index is 10.7. The van der Waals surface area contributed by atoms with Crippen LogP contribution < -0.4 is 9.47 Å². The van der Waals surface area contributed by atoms with E-state index in [2.05, 4.69) is 0 Å². The van der Waals surface area contributed by atoms with Crippen LogP contribution in [0.15, 0.2) is 42.5 Å². The van der Waals surface area contributed by atoms with E-state index in [9.17, 15) is 15.2 Å². The fourth-order valence-electron chi connectivity index (χ4n) is 2.09. The largest absolute Gasteiger partial charge is 0.496 e. The maximum Gasteiger partial charge on any atom is 0.269 e. The Kier molecular flexibility index (Phi) is 4.39. The Morgan fingerprint density at radius 2 is 1.57 bits per heavy atom. The summed E-state index contributed by atoms with van der Waals surface area (Å²) >= 11 is 0. The average Bonchev–Trinajstić information content (AvgIpc) is 2.53. The van der Waals surface area contributed by atoms with E-state index in [1.807, 2.05) is 0 Å². The molecule has 0 amide bonds. The molecule has 6 nitrogen and oxygen atoms in total. The number of hydrogen-bond donors (Lipinski definition) is 1. The molecule has 0 saturated heterocycles. The molecule has 2 aromatic carbocycles. The van der Waals surface area contributed by atoms with Gasteiger partial charge in [0.25, 0.3) is 5.69 Å². The monoisotopic (exact) mass is 289 g/mol. The zero-order valence-electron chi connectivity index (χ0n) is 11.6. The minimum atomic E-state index is -1.00. The Labute approximate surface area is 121 Å². The number of benzene rings is 2. The normalized spacial score (nSPS) is 11.8. The van der Waals surface area contributed by atoms with Crippen molar-refractivity contribution in [3.8, 4) is 11.5 Å². The molecule has 0 spiro atoms. The van der Waals surface area contributed by atoms with Crippen molar-refractivity contribution in [3.63, 3.8) is 0 Å². The lowest BCUT2D eigenvalue weighted by molar-refractivity contribution is -0.384. The van der Waals surface area contributed by atoms with Gasteiger partial charge in [-0.3, -0.25) is 10.1 Å². The van der Waals surface area contributed by atoms with E-state index >= 15 is 0 Å². The fraction of sp³-hybridized carbons (Fsp3) is 0.200. The molecule has 0 aromatic heterocycles. The number of hydrogen-bond acceptors (Lipinski definition) is 5. The predicted molar refractivity (Wildman–Crippen MR) is 76.7 cm³/mol. The van der Waals surface area contributed by atoms with Crippen LogP contribution in [0, 0.1) is 10.1 Å². The molecule has 0 aliphatic heterocycles. The molecule has 1 unspecified atom stereocenters. The first kappa shape index (κ1) is 14.8. The summed E-state index contributed by atoms with van der Waals surface area (Å²) in [5, 5.41) is 21.2. The maximum absolute atomic E-state index is 10.7. The Bertz CT molecular complexity index is 617. The lowest BCUT2D eigenvalue weighted by atomic mass is 9.99. The van der Waals surface area contributed by atoms with Crippen LogP contribution in [0.1, 0.15) is 17.2 Å². The van der Waals surface area contributed by atoms with E-state index in [0.717, 1.165) is 0 Å². The molecule has 2 aromatic rings. The van der Waals surface area contributed by atoms with Crippen molar-refractivity contribution in [1.82, 2.24) is 0 Å². The van der Waals surface area contributed by atoms with Crippen LogP contribution in [0.5, 0.6) is 11.5 Å². The van der Waals surface area contributed by atoms with Gasteiger partial charge < -0.3 is 14.6 Å². The van der Waals surface area contributed by atoms with Crippen LogP contribution in [0.25, 0.3) is 0 Å². The van der Waals surface area contributed by atoms with E-state index in [1.54, 1.807) is 18.2 Å². The van der Waals surface area contributed by atoms with Crippen LogP contribution in [-0.4, -0.2) is 24.2 Å². The fourth-order valence-corrected chi connectivity index (χ4v) is 2.09. The highest BCUT2D eigenvalue weighted by molar-refractivity contribution is 5.50. The van der Waals surface area contributed by atoms with Crippen LogP contribution in [0.3, 0.4) is 0 Å². The van der Waals surface area contributed by atoms with Crippen molar-refractivity contribution in [1.29, 1.82) is 0 Å². The standard InChI is InChI=1S/C15H15NO5/c1-20-12-4-3-5-13(21-2)14(12)15(17)10-6-8-11(9-7-10)16(18)19/h3-9,15,17H,1-2H3. The number of rotatable bonds is 5. The van der Waals surface area contributed by atoms with Gasteiger partial charge in [-0.1, -0.05) is 6.07 Å². The number of nitro groups is 1. The highest BCUT2D eigenvalue weighted by atomic mass is 16.6. The van der Waals surface area contributed by atoms with Crippen LogP contribution >= 0.6 is 0 Å². The summed E-state index contributed by atoms with van der Waals surface area (Å²) in [6.45, 7) is 0. The number of non-ortho nitro benzene ring substituents is 1. The second-order valence-corrected chi connectivity index (χ2v) is 4.33. The third kappa shape index (κ3) is 2.95. The highest BCUT2D eigenvalue weighted by Crippen LogP contribution is 2.37. The van der Waals surface area contributed by atoms with Crippen molar-refractivity contribution >= 4 is 5.69 Å². The van der Waals surface area contributed by atoms with Crippen molar-refractivity contribution in [2.24, 2.45) is 0 Å². The summed E-state index contributed by atoms with van der Waals surface area (Å²) in [5.41, 5.74) is 0.970. The zero-order valence-corrected chi connectivity index (χ0v) is 11.6. The van der Waals surface area contributed by atoms with Crippen molar-refractivity contribution in [2.45, 2.75) is 6.10 Å². The Balaban J connectivity index is 2.43. The van der Waals surface area contributed by atoms with Gasteiger partial charge in [0.05, 0.1) is 24.7 Å². The Hall–Kier alpha value is -2.60. The van der Waals surface area contributed by atoms with Gasteiger partial charge in [0, 0.05) is 12.1 Å². The molecular formula is C15H15NO5. The number of nitro benzene ring substituents is 1. The zero-order chi connectivity index (χ0) is 15.4. The van der Waals surface area contributed by atoms with Crippen molar-refractivity contribution in [2.75, 3.05) is 14.2 Å². The Morgan fingerprint density at radius 3 is 2.00 bits per heavy atom. The molecular weight excluding hydrogens is 274 g/mol. The molecule has 110 valence electrons. The minimum absolute atomic E-state index is 0.0297. The highest BCUT2D eigenvalue weighted by Gasteiger charge is 2.21. The molecule has 0 saturated carbocycles. The minimum Gasteiger partial charge on any atom is -0.496 e. The molecule has 2 rings (SSSR count). The number of aliphatic hydroxyl groups is 1. The second kappa shape index (κ2) is 6.23. The Morgan fingerprint density at radius 1 is 1.05 bits per heavy atom. The molecule has 1 atom stereocenters. The molecule has 0 aliphatic carbocycles. The summed E-state index contributed by atoms with van der Waals surface area (Å²) in [4.78, 5) is 10.2. The van der Waals surface area contributed by atoms with Gasteiger partial charge in [0.2, 0.25) is 0 Å². The number of ether oxygens (including phenoxy) is 2. The van der Waals surface area contributed by atoms with Gasteiger partial charge >= 0.3 is 0 Å².